The second-order valence-electron chi connectivity index (χ2n) is 7.35. The second kappa shape index (κ2) is 8.48. The molecule has 162 valence electrons. The van der Waals surface area contributed by atoms with E-state index in [9.17, 15) is 9.59 Å². The average molecular weight is 449 g/mol. The van der Waals surface area contributed by atoms with E-state index in [0.29, 0.717) is 47.3 Å². The van der Waals surface area contributed by atoms with Crippen LogP contribution >= 0.6 is 11.3 Å². The van der Waals surface area contributed by atoms with Crippen molar-refractivity contribution < 1.29 is 14.3 Å². The number of nitrogens with one attached hydrogen (secondary N) is 1. The minimum atomic E-state index is -0.447. The van der Waals surface area contributed by atoms with Crippen molar-refractivity contribution in [2.75, 3.05) is 25.0 Å². The van der Waals surface area contributed by atoms with Gasteiger partial charge in [0, 0.05) is 36.8 Å². The summed E-state index contributed by atoms with van der Waals surface area (Å²) in [6, 6.07) is 10.9. The van der Waals surface area contributed by atoms with Crippen molar-refractivity contribution in [3.8, 4) is 0 Å². The minimum Gasteiger partial charge on any atom is -0.368 e. The number of hydrogen-bond donors (Lipinski definition) is 1. The van der Waals surface area contributed by atoms with Gasteiger partial charge in [0.15, 0.2) is 5.13 Å². The highest BCUT2D eigenvalue weighted by Crippen LogP contribution is 2.27. The average Bonchev–Trinajstić information content (AvgIpc) is 3.49. The molecule has 10 heteroatoms. The lowest BCUT2D eigenvalue weighted by Crippen LogP contribution is -2.43. The zero-order valence-electron chi connectivity index (χ0n) is 17.3. The first kappa shape index (κ1) is 20.3. The summed E-state index contributed by atoms with van der Waals surface area (Å²) in [7, 11) is 1.74. The van der Waals surface area contributed by atoms with E-state index in [2.05, 4.69) is 15.4 Å². The van der Waals surface area contributed by atoms with Crippen LogP contribution < -0.4 is 5.32 Å². The Morgan fingerprint density at radius 1 is 1.22 bits per heavy atom. The SMILES string of the molecule is Cn1nccc1C(=O)N1CCO[C@@H](c2cc(C(=O)Nc3nccs3)c3ccccc3n2)C1. The van der Waals surface area contributed by atoms with Crippen LogP contribution in [0.3, 0.4) is 0 Å². The Kier molecular flexibility index (Phi) is 5.38. The van der Waals surface area contributed by atoms with E-state index in [4.69, 9.17) is 9.72 Å². The highest BCUT2D eigenvalue weighted by molar-refractivity contribution is 7.13. The lowest BCUT2D eigenvalue weighted by molar-refractivity contribution is -0.0249. The van der Waals surface area contributed by atoms with Crippen LogP contribution in [0.25, 0.3) is 10.9 Å². The molecule has 0 bridgehead atoms. The van der Waals surface area contributed by atoms with Crippen molar-refractivity contribution in [3.05, 3.63) is 71.1 Å². The van der Waals surface area contributed by atoms with Gasteiger partial charge in [-0.15, -0.1) is 11.3 Å². The molecule has 1 fully saturated rings. The highest BCUT2D eigenvalue weighted by atomic mass is 32.1. The zero-order valence-corrected chi connectivity index (χ0v) is 18.1. The summed E-state index contributed by atoms with van der Waals surface area (Å²) in [4.78, 5) is 36.6. The molecule has 0 saturated carbocycles. The number of aryl methyl sites for hydroxylation is 1. The van der Waals surface area contributed by atoms with Crippen molar-refractivity contribution in [1.82, 2.24) is 24.6 Å². The highest BCUT2D eigenvalue weighted by Gasteiger charge is 2.29. The first-order chi connectivity index (χ1) is 15.6. The van der Waals surface area contributed by atoms with Crippen LogP contribution in [0.5, 0.6) is 0 Å². The third-order valence-corrected chi connectivity index (χ3v) is 6.05. The molecular formula is C22H20N6O3S. The Hall–Kier alpha value is -3.63. The number of hydrogen-bond acceptors (Lipinski definition) is 7. The number of ether oxygens (including phenoxy) is 1. The van der Waals surface area contributed by atoms with Gasteiger partial charge in [-0.1, -0.05) is 18.2 Å². The van der Waals surface area contributed by atoms with Gasteiger partial charge in [0.25, 0.3) is 11.8 Å². The number of pyridine rings is 1. The Morgan fingerprint density at radius 2 is 2.09 bits per heavy atom. The maximum absolute atomic E-state index is 13.0. The standard InChI is InChI=1S/C22H20N6O3S/c1-27-18(6-7-24-27)21(30)28-9-10-31-19(13-28)17-12-15(14-4-2-3-5-16(14)25-17)20(29)26-22-23-8-11-32-22/h2-8,11-12,19H,9-10,13H2,1H3,(H,23,26,29)/t19-/m1/s1. The Labute approximate surface area is 187 Å². The van der Waals surface area contributed by atoms with Gasteiger partial charge in [-0.3, -0.25) is 19.6 Å². The fraction of sp³-hybridized carbons (Fsp3) is 0.227. The number of para-hydroxylation sites is 1. The van der Waals surface area contributed by atoms with Gasteiger partial charge in [0.2, 0.25) is 0 Å². The van der Waals surface area contributed by atoms with E-state index in [0.717, 1.165) is 5.39 Å². The topological polar surface area (TPSA) is 102 Å². The molecule has 1 aliphatic rings. The molecule has 1 saturated heterocycles. The lowest BCUT2D eigenvalue weighted by Gasteiger charge is -2.32. The van der Waals surface area contributed by atoms with Crippen LogP contribution in [0, 0.1) is 0 Å². The Morgan fingerprint density at radius 3 is 2.88 bits per heavy atom. The molecule has 1 N–H and O–H groups in total. The predicted molar refractivity (Wildman–Crippen MR) is 120 cm³/mol. The summed E-state index contributed by atoms with van der Waals surface area (Å²) in [5.74, 6) is -0.376. The number of carbonyl (C=O) groups is 2. The van der Waals surface area contributed by atoms with E-state index in [1.54, 1.807) is 46.5 Å². The molecule has 4 heterocycles. The van der Waals surface area contributed by atoms with Crippen molar-refractivity contribution in [1.29, 1.82) is 0 Å². The van der Waals surface area contributed by atoms with Gasteiger partial charge >= 0.3 is 0 Å². The summed E-state index contributed by atoms with van der Waals surface area (Å²) in [5.41, 5.74) is 2.29. The quantitative estimate of drug-likeness (QED) is 0.515. The number of benzene rings is 1. The van der Waals surface area contributed by atoms with E-state index in [1.165, 1.54) is 11.3 Å². The first-order valence-corrected chi connectivity index (χ1v) is 11.0. The summed E-state index contributed by atoms with van der Waals surface area (Å²) >= 11 is 1.35. The van der Waals surface area contributed by atoms with E-state index in [1.807, 2.05) is 24.3 Å². The fourth-order valence-corrected chi connectivity index (χ4v) is 4.28. The zero-order chi connectivity index (χ0) is 22.1. The molecule has 0 radical (unpaired) electrons. The largest absolute Gasteiger partial charge is 0.368 e. The van der Waals surface area contributed by atoms with E-state index >= 15 is 0 Å². The smallest absolute Gasteiger partial charge is 0.272 e. The van der Waals surface area contributed by atoms with Crippen LogP contribution in [-0.4, -0.2) is 56.2 Å². The number of thiazole rings is 1. The summed E-state index contributed by atoms with van der Waals surface area (Å²) < 4.78 is 7.52. The first-order valence-electron chi connectivity index (χ1n) is 10.1. The van der Waals surface area contributed by atoms with Crippen molar-refractivity contribution in [2.45, 2.75) is 6.10 Å². The number of nitrogens with zero attached hydrogens (tertiary/aromatic N) is 5. The van der Waals surface area contributed by atoms with Crippen LogP contribution in [0.15, 0.2) is 54.2 Å². The molecule has 3 aromatic heterocycles. The maximum atomic E-state index is 13.0. The van der Waals surface area contributed by atoms with Crippen molar-refractivity contribution in [3.63, 3.8) is 0 Å². The molecule has 5 rings (SSSR count). The van der Waals surface area contributed by atoms with Gasteiger partial charge in [-0.2, -0.15) is 5.10 Å². The minimum absolute atomic E-state index is 0.110. The van der Waals surface area contributed by atoms with Gasteiger partial charge in [0.05, 0.1) is 29.9 Å². The van der Waals surface area contributed by atoms with Crippen LogP contribution in [0.1, 0.15) is 32.6 Å². The molecule has 1 aliphatic heterocycles. The van der Waals surface area contributed by atoms with Gasteiger partial charge < -0.3 is 9.64 Å². The van der Waals surface area contributed by atoms with Gasteiger partial charge in [-0.05, 0) is 18.2 Å². The molecule has 1 atom stereocenters. The van der Waals surface area contributed by atoms with Gasteiger partial charge in [0.1, 0.15) is 11.8 Å². The van der Waals surface area contributed by atoms with Crippen molar-refractivity contribution >= 4 is 39.2 Å². The second-order valence-corrected chi connectivity index (χ2v) is 8.25. The molecule has 0 aliphatic carbocycles. The van der Waals surface area contributed by atoms with Gasteiger partial charge in [-0.25, -0.2) is 9.97 Å². The number of fused-ring (bicyclic) bond motifs is 1. The Balaban J connectivity index is 1.46. The maximum Gasteiger partial charge on any atom is 0.272 e. The number of anilines is 1. The summed E-state index contributed by atoms with van der Waals surface area (Å²) in [5, 5.41) is 9.99. The normalized spacial score (nSPS) is 16.3. The molecule has 32 heavy (non-hydrogen) atoms. The third kappa shape index (κ3) is 3.85. The molecule has 0 spiro atoms. The number of carbonyl (C=O) groups excluding carboxylic acids is 2. The molecular weight excluding hydrogens is 428 g/mol. The van der Waals surface area contributed by atoms with Crippen LogP contribution in [0.4, 0.5) is 5.13 Å². The molecule has 1 aromatic carbocycles. The van der Waals surface area contributed by atoms with E-state index < -0.39 is 6.10 Å². The summed E-state index contributed by atoms with van der Waals surface area (Å²) in [6.45, 7) is 1.19. The third-order valence-electron chi connectivity index (χ3n) is 5.36. The number of morpholine rings is 1. The molecule has 9 nitrogen and oxygen atoms in total. The number of amides is 2. The molecule has 0 unspecified atom stereocenters. The molecule has 4 aromatic rings. The Bertz CT molecular complexity index is 1290. The monoisotopic (exact) mass is 448 g/mol. The number of aromatic nitrogens is 4. The fourth-order valence-electron chi connectivity index (χ4n) is 3.76. The lowest BCUT2D eigenvalue weighted by atomic mass is 10.0. The molecule has 2 amide bonds. The van der Waals surface area contributed by atoms with Crippen LogP contribution in [0.2, 0.25) is 0 Å². The van der Waals surface area contributed by atoms with Crippen LogP contribution in [-0.2, 0) is 11.8 Å². The number of rotatable bonds is 4. The van der Waals surface area contributed by atoms with Crippen molar-refractivity contribution in [2.24, 2.45) is 7.05 Å². The summed E-state index contributed by atoms with van der Waals surface area (Å²) in [6.07, 6.45) is 2.79. The van der Waals surface area contributed by atoms with E-state index in [-0.39, 0.29) is 11.8 Å². The predicted octanol–water partition coefficient (Wildman–Crippen LogP) is 2.89.